The normalized spacial score (nSPS) is 11.3. The van der Waals surface area contributed by atoms with Crippen LogP contribution in [0.15, 0.2) is 23.7 Å². The number of halogens is 2. The van der Waals surface area contributed by atoms with Crippen LogP contribution in [0.25, 0.3) is 5.03 Å². The molecule has 0 atom stereocenters. The Morgan fingerprint density at radius 3 is 2.36 bits per heavy atom. The maximum atomic E-state index is 5.85. The SMILES string of the molecule is COc1ccc(/C(Cl)=C/Cl)cc1OC. The maximum Gasteiger partial charge on any atom is 0.161 e. The molecule has 2 nitrogen and oxygen atoms in total. The van der Waals surface area contributed by atoms with E-state index in [1.54, 1.807) is 26.4 Å². The molecule has 1 rings (SSSR count). The number of methoxy groups -OCH3 is 2. The monoisotopic (exact) mass is 232 g/mol. The highest BCUT2D eigenvalue weighted by atomic mass is 35.5. The molecule has 0 aliphatic rings. The average Bonchev–Trinajstić information content (AvgIpc) is 2.26. The summed E-state index contributed by atoms with van der Waals surface area (Å²) in [5.74, 6) is 1.29. The van der Waals surface area contributed by atoms with Crippen LogP contribution in [0.1, 0.15) is 5.56 Å². The smallest absolute Gasteiger partial charge is 0.161 e. The molecule has 0 aromatic heterocycles. The molecule has 0 fully saturated rings. The lowest BCUT2D eigenvalue weighted by Gasteiger charge is -2.08. The van der Waals surface area contributed by atoms with E-state index in [0.29, 0.717) is 16.5 Å². The average molecular weight is 233 g/mol. The molecule has 1 aromatic rings. The molecular formula is C10H10Cl2O2. The number of rotatable bonds is 3. The van der Waals surface area contributed by atoms with E-state index in [1.807, 2.05) is 6.07 Å². The Balaban J connectivity index is 3.14. The topological polar surface area (TPSA) is 18.5 Å². The predicted molar refractivity (Wildman–Crippen MR) is 59.2 cm³/mol. The van der Waals surface area contributed by atoms with Gasteiger partial charge in [-0.3, -0.25) is 0 Å². The molecule has 4 heteroatoms. The van der Waals surface area contributed by atoms with Crippen LogP contribution in [0, 0.1) is 0 Å². The van der Waals surface area contributed by atoms with Crippen LogP contribution < -0.4 is 9.47 Å². The van der Waals surface area contributed by atoms with Gasteiger partial charge in [0.1, 0.15) is 0 Å². The van der Waals surface area contributed by atoms with E-state index in [-0.39, 0.29) is 0 Å². The number of ether oxygens (including phenoxy) is 2. The molecule has 0 saturated heterocycles. The first kappa shape index (κ1) is 11.2. The lowest BCUT2D eigenvalue weighted by Crippen LogP contribution is -1.91. The fourth-order valence-electron chi connectivity index (χ4n) is 1.05. The van der Waals surface area contributed by atoms with Gasteiger partial charge in [-0.2, -0.15) is 0 Å². The van der Waals surface area contributed by atoms with E-state index >= 15 is 0 Å². The molecule has 14 heavy (non-hydrogen) atoms. The Morgan fingerprint density at radius 1 is 1.21 bits per heavy atom. The van der Waals surface area contributed by atoms with Crippen molar-refractivity contribution in [1.82, 2.24) is 0 Å². The molecule has 1 aromatic carbocycles. The zero-order chi connectivity index (χ0) is 10.6. The molecule has 0 spiro atoms. The quantitative estimate of drug-likeness (QED) is 0.795. The first-order valence-electron chi connectivity index (χ1n) is 3.91. The Labute approximate surface area is 93.0 Å². The van der Waals surface area contributed by atoms with Crippen LogP contribution in [0.2, 0.25) is 0 Å². The molecular weight excluding hydrogens is 223 g/mol. The summed E-state index contributed by atoms with van der Waals surface area (Å²) in [4.78, 5) is 0. The fourth-order valence-corrected chi connectivity index (χ4v) is 1.29. The Morgan fingerprint density at radius 2 is 1.86 bits per heavy atom. The van der Waals surface area contributed by atoms with Crippen molar-refractivity contribution in [3.8, 4) is 11.5 Å². The van der Waals surface area contributed by atoms with Gasteiger partial charge in [0.05, 0.1) is 19.3 Å². The molecule has 76 valence electrons. The molecule has 0 radical (unpaired) electrons. The molecule has 0 heterocycles. The van der Waals surface area contributed by atoms with Gasteiger partial charge in [-0.05, 0) is 23.8 Å². The highest BCUT2D eigenvalue weighted by Crippen LogP contribution is 2.31. The Bertz CT molecular complexity index is 348. The molecule has 0 N–H and O–H groups in total. The van der Waals surface area contributed by atoms with Crippen molar-refractivity contribution in [2.45, 2.75) is 0 Å². The second-order valence-corrected chi connectivity index (χ2v) is 3.15. The van der Waals surface area contributed by atoms with Gasteiger partial charge in [-0.15, -0.1) is 0 Å². The van der Waals surface area contributed by atoms with Gasteiger partial charge >= 0.3 is 0 Å². The minimum Gasteiger partial charge on any atom is -0.493 e. The Kier molecular flexibility index (Phi) is 4.11. The number of benzene rings is 1. The standard InChI is InChI=1S/C10H10Cl2O2/c1-13-9-4-3-7(8(12)6-11)5-10(9)14-2/h3-6H,1-2H3/b8-6-. The summed E-state index contributed by atoms with van der Waals surface area (Å²) < 4.78 is 10.2. The third kappa shape index (κ3) is 2.34. The van der Waals surface area contributed by atoms with Crippen LogP contribution in [-0.4, -0.2) is 14.2 Å². The summed E-state index contributed by atoms with van der Waals surface area (Å²) in [6, 6.07) is 5.35. The van der Waals surface area contributed by atoms with E-state index in [4.69, 9.17) is 32.7 Å². The van der Waals surface area contributed by atoms with Crippen molar-refractivity contribution in [1.29, 1.82) is 0 Å². The highest BCUT2D eigenvalue weighted by Gasteiger charge is 2.05. The molecule has 0 amide bonds. The van der Waals surface area contributed by atoms with Gasteiger partial charge in [0, 0.05) is 5.54 Å². The predicted octanol–water partition coefficient (Wildman–Crippen LogP) is 3.48. The zero-order valence-corrected chi connectivity index (χ0v) is 9.39. The summed E-state index contributed by atoms with van der Waals surface area (Å²) in [6.07, 6.45) is 0. The summed E-state index contributed by atoms with van der Waals surface area (Å²) >= 11 is 11.3. The number of hydrogen-bond acceptors (Lipinski definition) is 2. The van der Waals surface area contributed by atoms with E-state index in [1.165, 1.54) is 5.54 Å². The van der Waals surface area contributed by atoms with Crippen molar-refractivity contribution in [3.63, 3.8) is 0 Å². The van der Waals surface area contributed by atoms with E-state index in [9.17, 15) is 0 Å². The lowest BCUT2D eigenvalue weighted by molar-refractivity contribution is 0.355. The molecule has 0 unspecified atom stereocenters. The molecule has 0 aliphatic heterocycles. The van der Waals surface area contributed by atoms with Crippen LogP contribution >= 0.6 is 23.2 Å². The maximum absolute atomic E-state index is 5.85. The summed E-state index contributed by atoms with van der Waals surface area (Å²) in [7, 11) is 3.15. The molecule has 0 aliphatic carbocycles. The lowest BCUT2D eigenvalue weighted by atomic mass is 10.2. The van der Waals surface area contributed by atoms with Crippen molar-refractivity contribution in [2.75, 3.05) is 14.2 Å². The minimum absolute atomic E-state index is 0.465. The van der Waals surface area contributed by atoms with Gasteiger partial charge in [-0.25, -0.2) is 0 Å². The van der Waals surface area contributed by atoms with Crippen molar-refractivity contribution in [3.05, 3.63) is 29.3 Å². The Hall–Kier alpha value is -0.860. The first-order valence-corrected chi connectivity index (χ1v) is 4.72. The zero-order valence-electron chi connectivity index (χ0n) is 7.88. The third-order valence-corrected chi connectivity index (χ3v) is 2.41. The second kappa shape index (κ2) is 5.13. The van der Waals surface area contributed by atoms with Crippen LogP contribution in [0.5, 0.6) is 11.5 Å². The second-order valence-electron chi connectivity index (χ2n) is 2.53. The van der Waals surface area contributed by atoms with Gasteiger partial charge in [0.15, 0.2) is 11.5 Å². The van der Waals surface area contributed by atoms with Crippen LogP contribution in [0.4, 0.5) is 0 Å². The summed E-state index contributed by atoms with van der Waals surface area (Å²) in [5, 5.41) is 0.465. The molecule has 0 saturated carbocycles. The van der Waals surface area contributed by atoms with Crippen molar-refractivity contribution < 1.29 is 9.47 Å². The molecule has 0 bridgehead atoms. The van der Waals surface area contributed by atoms with Crippen molar-refractivity contribution in [2.24, 2.45) is 0 Å². The first-order chi connectivity index (χ1) is 6.72. The van der Waals surface area contributed by atoms with Gasteiger partial charge < -0.3 is 9.47 Å². The fraction of sp³-hybridized carbons (Fsp3) is 0.200. The summed E-state index contributed by atoms with van der Waals surface area (Å²) in [6.45, 7) is 0. The van der Waals surface area contributed by atoms with Crippen LogP contribution in [-0.2, 0) is 0 Å². The van der Waals surface area contributed by atoms with Gasteiger partial charge in [0.25, 0.3) is 0 Å². The van der Waals surface area contributed by atoms with Gasteiger partial charge in [0.2, 0.25) is 0 Å². The van der Waals surface area contributed by atoms with Gasteiger partial charge in [-0.1, -0.05) is 23.2 Å². The summed E-state index contributed by atoms with van der Waals surface area (Å²) in [5.41, 5.74) is 2.10. The van der Waals surface area contributed by atoms with Crippen LogP contribution in [0.3, 0.4) is 0 Å². The third-order valence-electron chi connectivity index (χ3n) is 1.76. The van der Waals surface area contributed by atoms with E-state index in [2.05, 4.69) is 0 Å². The van der Waals surface area contributed by atoms with E-state index < -0.39 is 0 Å². The number of hydrogen-bond donors (Lipinski definition) is 0. The van der Waals surface area contributed by atoms with E-state index in [0.717, 1.165) is 5.56 Å². The highest BCUT2D eigenvalue weighted by molar-refractivity contribution is 6.52. The largest absolute Gasteiger partial charge is 0.493 e. The van der Waals surface area contributed by atoms with Crippen molar-refractivity contribution >= 4 is 28.2 Å². The minimum atomic E-state index is 0.465.